The third-order valence-corrected chi connectivity index (χ3v) is 6.45. The lowest BCUT2D eigenvalue weighted by atomic mass is 9.81. The lowest BCUT2D eigenvalue weighted by Crippen LogP contribution is -2.49. The number of Topliss-reactive ketones (excluding diaryl/α,β-unsaturated/α-hetero) is 1. The van der Waals surface area contributed by atoms with Gasteiger partial charge in [-0.3, -0.25) is 9.59 Å². The number of methoxy groups -OCH3 is 3. The molecule has 8 heteroatoms. The Morgan fingerprint density at radius 3 is 2.34 bits per heavy atom. The standard InChI is InChI=1S/C30H31NO7/c1-5-14-38-24-11-7-9-21(16-24)28(33)30(22-12-13-26(36-3)27(17-22)37-4)18-25(32)29(34)31(30)19-20-8-6-10-23(15-20)35-2/h6-13,15-18,32H,5,14,19H2,1-4H3. The molecule has 1 amide bonds. The molecule has 0 fully saturated rings. The van der Waals surface area contributed by atoms with Gasteiger partial charge >= 0.3 is 0 Å². The van der Waals surface area contributed by atoms with Crippen LogP contribution in [0, 0.1) is 0 Å². The molecular weight excluding hydrogens is 486 g/mol. The Kier molecular flexibility index (Phi) is 7.90. The lowest BCUT2D eigenvalue weighted by molar-refractivity contribution is -0.131. The van der Waals surface area contributed by atoms with Crippen molar-refractivity contribution in [2.75, 3.05) is 27.9 Å². The predicted molar refractivity (Wildman–Crippen MR) is 142 cm³/mol. The Morgan fingerprint density at radius 2 is 1.63 bits per heavy atom. The van der Waals surface area contributed by atoms with Gasteiger partial charge in [-0.2, -0.15) is 0 Å². The van der Waals surface area contributed by atoms with Gasteiger partial charge in [0.2, 0.25) is 0 Å². The Balaban J connectivity index is 1.91. The van der Waals surface area contributed by atoms with Gasteiger partial charge in [0.05, 0.1) is 27.9 Å². The molecule has 0 spiro atoms. The summed E-state index contributed by atoms with van der Waals surface area (Å²) in [5.74, 6) is 0.388. The van der Waals surface area contributed by atoms with Crippen LogP contribution in [0.25, 0.3) is 0 Å². The summed E-state index contributed by atoms with van der Waals surface area (Å²) >= 11 is 0. The van der Waals surface area contributed by atoms with Gasteiger partial charge in [-0.05, 0) is 53.9 Å². The molecule has 8 nitrogen and oxygen atoms in total. The zero-order valence-electron chi connectivity index (χ0n) is 21.9. The molecule has 0 aromatic heterocycles. The molecular formula is C30H31NO7. The molecule has 0 aliphatic carbocycles. The van der Waals surface area contributed by atoms with E-state index < -0.39 is 23.0 Å². The van der Waals surface area contributed by atoms with Crippen LogP contribution in [0.5, 0.6) is 23.0 Å². The van der Waals surface area contributed by atoms with E-state index in [9.17, 15) is 14.7 Å². The number of rotatable bonds is 11. The molecule has 0 bridgehead atoms. The van der Waals surface area contributed by atoms with Crippen LogP contribution in [0.3, 0.4) is 0 Å². The molecule has 0 radical (unpaired) electrons. The molecule has 1 heterocycles. The van der Waals surface area contributed by atoms with E-state index in [2.05, 4.69) is 0 Å². The minimum Gasteiger partial charge on any atom is -0.503 e. The third-order valence-electron chi connectivity index (χ3n) is 6.45. The van der Waals surface area contributed by atoms with Crippen LogP contribution in [0.4, 0.5) is 0 Å². The first-order valence-corrected chi connectivity index (χ1v) is 12.2. The van der Waals surface area contributed by atoms with Crippen LogP contribution < -0.4 is 18.9 Å². The minimum absolute atomic E-state index is 0.0305. The molecule has 38 heavy (non-hydrogen) atoms. The Bertz CT molecular complexity index is 1370. The molecule has 198 valence electrons. The fourth-order valence-corrected chi connectivity index (χ4v) is 4.58. The molecule has 1 aliphatic heterocycles. The summed E-state index contributed by atoms with van der Waals surface area (Å²) in [4.78, 5) is 29.2. The summed E-state index contributed by atoms with van der Waals surface area (Å²) in [5.41, 5.74) is -0.200. The maximum atomic E-state index is 14.5. The van der Waals surface area contributed by atoms with E-state index >= 15 is 0 Å². The van der Waals surface area contributed by atoms with Crippen LogP contribution in [0.15, 0.2) is 78.6 Å². The maximum absolute atomic E-state index is 14.5. The number of carbonyl (C=O) groups is 2. The van der Waals surface area contributed by atoms with Crippen molar-refractivity contribution in [3.8, 4) is 23.0 Å². The molecule has 3 aromatic carbocycles. The van der Waals surface area contributed by atoms with Crippen LogP contribution in [0.1, 0.15) is 34.8 Å². The van der Waals surface area contributed by atoms with E-state index in [0.29, 0.717) is 40.7 Å². The summed E-state index contributed by atoms with van der Waals surface area (Å²) in [5, 5.41) is 10.7. The van der Waals surface area contributed by atoms with Crippen molar-refractivity contribution < 1.29 is 33.6 Å². The van der Waals surface area contributed by atoms with E-state index in [1.807, 2.05) is 13.0 Å². The van der Waals surface area contributed by atoms with Gasteiger partial charge in [-0.25, -0.2) is 0 Å². The molecule has 4 rings (SSSR count). The smallest absolute Gasteiger partial charge is 0.290 e. The highest BCUT2D eigenvalue weighted by atomic mass is 16.5. The van der Waals surface area contributed by atoms with Gasteiger partial charge in [0, 0.05) is 18.2 Å². The number of aliphatic hydroxyl groups excluding tert-OH is 1. The highest BCUT2D eigenvalue weighted by Gasteiger charge is 2.52. The normalized spacial score (nSPS) is 16.7. The van der Waals surface area contributed by atoms with Crippen molar-refractivity contribution in [1.82, 2.24) is 4.90 Å². The number of benzene rings is 3. The quantitative estimate of drug-likeness (QED) is 0.355. The Labute approximate surface area is 222 Å². The van der Waals surface area contributed by atoms with Crippen LogP contribution in [-0.4, -0.2) is 49.6 Å². The largest absolute Gasteiger partial charge is 0.503 e. The van der Waals surface area contributed by atoms with Crippen LogP contribution in [0.2, 0.25) is 0 Å². The molecule has 1 atom stereocenters. The molecule has 0 saturated heterocycles. The molecule has 1 aliphatic rings. The number of amides is 1. The highest BCUT2D eigenvalue weighted by Crippen LogP contribution is 2.44. The van der Waals surface area contributed by atoms with E-state index in [0.717, 1.165) is 12.0 Å². The van der Waals surface area contributed by atoms with Gasteiger partial charge < -0.3 is 29.0 Å². The number of ketones is 1. The number of nitrogens with zero attached hydrogens (tertiary/aromatic N) is 1. The summed E-state index contributed by atoms with van der Waals surface area (Å²) in [6.07, 6.45) is 2.12. The number of carbonyl (C=O) groups excluding carboxylic acids is 2. The molecule has 1 N–H and O–H groups in total. The van der Waals surface area contributed by atoms with Crippen molar-refractivity contribution in [1.29, 1.82) is 0 Å². The van der Waals surface area contributed by atoms with E-state index in [4.69, 9.17) is 18.9 Å². The average molecular weight is 518 g/mol. The summed E-state index contributed by atoms with van der Waals surface area (Å²) < 4.78 is 22.0. The zero-order valence-corrected chi connectivity index (χ0v) is 21.9. The lowest BCUT2D eigenvalue weighted by Gasteiger charge is -2.37. The monoisotopic (exact) mass is 517 g/mol. The van der Waals surface area contributed by atoms with Crippen molar-refractivity contribution in [2.45, 2.75) is 25.4 Å². The van der Waals surface area contributed by atoms with Crippen molar-refractivity contribution >= 4 is 11.7 Å². The van der Waals surface area contributed by atoms with Crippen molar-refractivity contribution in [3.63, 3.8) is 0 Å². The Hall–Kier alpha value is -4.46. The first kappa shape index (κ1) is 26.6. The summed E-state index contributed by atoms with van der Waals surface area (Å²) in [7, 11) is 4.56. The van der Waals surface area contributed by atoms with Gasteiger partial charge in [0.25, 0.3) is 5.91 Å². The van der Waals surface area contributed by atoms with Gasteiger partial charge in [-0.15, -0.1) is 0 Å². The van der Waals surface area contributed by atoms with Crippen molar-refractivity contribution in [3.05, 3.63) is 95.3 Å². The number of hydrogen-bond acceptors (Lipinski definition) is 7. The predicted octanol–water partition coefficient (Wildman–Crippen LogP) is 5.06. The first-order valence-electron chi connectivity index (χ1n) is 12.2. The number of ether oxygens (including phenoxy) is 4. The van der Waals surface area contributed by atoms with Crippen molar-refractivity contribution in [2.24, 2.45) is 0 Å². The topological polar surface area (TPSA) is 94.5 Å². The third kappa shape index (κ3) is 4.89. The number of aliphatic hydroxyl groups is 1. The zero-order chi connectivity index (χ0) is 27.3. The van der Waals surface area contributed by atoms with Crippen LogP contribution in [-0.2, 0) is 16.9 Å². The fraction of sp³-hybridized carbons (Fsp3) is 0.267. The van der Waals surface area contributed by atoms with E-state index in [-0.39, 0.29) is 6.54 Å². The van der Waals surface area contributed by atoms with E-state index in [1.165, 1.54) is 25.2 Å². The summed E-state index contributed by atoms with van der Waals surface area (Å²) in [6, 6.07) is 19.0. The Morgan fingerprint density at radius 1 is 0.895 bits per heavy atom. The maximum Gasteiger partial charge on any atom is 0.290 e. The second-order valence-corrected chi connectivity index (χ2v) is 8.81. The van der Waals surface area contributed by atoms with Gasteiger partial charge in [-0.1, -0.05) is 37.3 Å². The summed E-state index contributed by atoms with van der Waals surface area (Å²) in [6.45, 7) is 2.53. The first-order chi connectivity index (χ1) is 18.4. The molecule has 3 aromatic rings. The SMILES string of the molecule is CCCOc1cccc(C(=O)C2(c3ccc(OC)c(OC)c3)C=C(O)C(=O)N2Cc2cccc(OC)c2)c1. The number of hydrogen-bond donors (Lipinski definition) is 1. The molecule has 1 unspecified atom stereocenters. The molecule has 0 saturated carbocycles. The van der Waals surface area contributed by atoms with Crippen LogP contribution >= 0.6 is 0 Å². The minimum atomic E-state index is -1.67. The van der Waals surface area contributed by atoms with E-state index in [1.54, 1.807) is 67.8 Å². The second-order valence-electron chi connectivity index (χ2n) is 8.81. The fourth-order valence-electron chi connectivity index (χ4n) is 4.58. The van der Waals surface area contributed by atoms with Gasteiger partial charge in [0.1, 0.15) is 11.5 Å². The van der Waals surface area contributed by atoms with Gasteiger partial charge in [0.15, 0.2) is 28.6 Å². The average Bonchev–Trinajstić information content (AvgIpc) is 3.21. The second kappa shape index (κ2) is 11.3. The highest BCUT2D eigenvalue weighted by molar-refractivity contribution is 6.11.